The third kappa shape index (κ3) is 5.83. The molecule has 39 heavy (non-hydrogen) atoms. The Morgan fingerprint density at radius 1 is 0.744 bits per heavy atom. The van der Waals surface area contributed by atoms with E-state index in [0.717, 1.165) is 59.2 Å². The van der Waals surface area contributed by atoms with E-state index in [0.29, 0.717) is 19.8 Å². The normalized spacial score (nSPS) is 12.2. The van der Waals surface area contributed by atoms with Gasteiger partial charge in [0.2, 0.25) is 0 Å². The van der Waals surface area contributed by atoms with Crippen molar-refractivity contribution >= 4 is 5.69 Å². The summed E-state index contributed by atoms with van der Waals surface area (Å²) in [5.74, 6) is 3.19. The van der Waals surface area contributed by atoms with Gasteiger partial charge >= 0.3 is 0 Å². The van der Waals surface area contributed by atoms with Crippen LogP contribution in [-0.4, -0.2) is 44.1 Å². The molecule has 0 atom stereocenters. The molecule has 1 aliphatic heterocycles. The van der Waals surface area contributed by atoms with Crippen LogP contribution in [0.15, 0.2) is 72.8 Å². The second-order valence-corrected chi connectivity index (χ2v) is 9.63. The lowest BCUT2D eigenvalue weighted by molar-refractivity contribution is 0.285. The first-order chi connectivity index (χ1) is 19.1. The molecule has 1 N–H and O–H groups in total. The molecule has 0 radical (unpaired) electrons. The van der Waals surface area contributed by atoms with E-state index < -0.39 is 0 Å². The molecule has 1 aliphatic rings. The summed E-state index contributed by atoms with van der Waals surface area (Å²) in [4.78, 5) is 2.05. The van der Waals surface area contributed by atoms with Crippen molar-refractivity contribution in [3.8, 4) is 34.3 Å². The highest BCUT2D eigenvalue weighted by Gasteiger charge is 2.27. The van der Waals surface area contributed by atoms with Crippen molar-refractivity contribution in [2.45, 2.75) is 32.6 Å². The predicted octanol–water partition coefficient (Wildman–Crippen LogP) is 5.71. The lowest BCUT2D eigenvalue weighted by Gasteiger charge is -2.19. The molecule has 0 fully saturated rings. The summed E-state index contributed by atoms with van der Waals surface area (Å²) in [6, 6.07) is 23.9. The van der Waals surface area contributed by atoms with Crippen molar-refractivity contribution in [1.82, 2.24) is 4.57 Å². The summed E-state index contributed by atoms with van der Waals surface area (Å²) in [6.07, 6.45) is 2.11. The van der Waals surface area contributed by atoms with Gasteiger partial charge in [-0.25, -0.2) is 0 Å². The Morgan fingerprint density at radius 2 is 1.28 bits per heavy atom. The van der Waals surface area contributed by atoms with Crippen LogP contribution < -0.4 is 23.8 Å². The first-order valence-electron chi connectivity index (χ1n) is 13.3. The molecular formula is C32H36N2O5. The van der Waals surface area contributed by atoms with Gasteiger partial charge in [-0.05, 0) is 79.1 Å². The number of aromatic nitrogens is 1. The monoisotopic (exact) mass is 528 g/mol. The van der Waals surface area contributed by atoms with Gasteiger partial charge in [0.25, 0.3) is 0 Å². The van der Waals surface area contributed by atoms with Crippen LogP contribution in [-0.2, 0) is 26.2 Å². The molecule has 0 saturated carbocycles. The van der Waals surface area contributed by atoms with E-state index in [1.165, 1.54) is 17.0 Å². The minimum Gasteiger partial charge on any atom is -0.497 e. The van der Waals surface area contributed by atoms with Crippen molar-refractivity contribution in [2.24, 2.45) is 0 Å². The second-order valence-electron chi connectivity index (χ2n) is 9.63. The molecule has 0 amide bonds. The Kier molecular flexibility index (Phi) is 8.27. The molecule has 0 spiro atoms. The zero-order chi connectivity index (χ0) is 27.2. The van der Waals surface area contributed by atoms with Crippen LogP contribution in [0.1, 0.15) is 23.2 Å². The fraction of sp³-hybridized carbons (Fsp3) is 0.312. The number of methoxy groups -OCH3 is 2. The maximum absolute atomic E-state index is 9.33. The van der Waals surface area contributed by atoms with Gasteiger partial charge in [0.1, 0.15) is 36.2 Å². The fourth-order valence-electron chi connectivity index (χ4n) is 5.18. The Balaban J connectivity index is 1.49. The number of likely N-dealkylation sites (N-methyl/N-ethyl adjacent to an activating group) is 1. The van der Waals surface area contributed by atoms with Crippen LogP contribution in [0.25, 0.3) is 11.3 Å². The molecule has 0 aliphatic carbocycles. The molecular weight excluding hydrogens is 492 g/mol. The maximum atomic E-state index is 9.33. The highest BCUT2D eigenvalue weighted by Crippen LogP contribution is 2.38. The summed E-state index contributed by atoms with van der Waals surface area (Å²) in [7, 11) is 5.31. The lowest BCUT2D eigenvalue weighted by atomic mass is 10.0. The largest absolute Gasteiger partial charge is 0.497 e. The van der Waals surface area contributed by atoms with Crippen molar-refractivity contribution < 1.29 is 24.1 Å². The average Bonchev–Trinajstić information content (AvgIpc) is 3.56. The second kappa shape index (κ2) is 12.2. The molecule has 3 aromatic carbocycles. The minimum atomic E-state index is 0.120. The minimum absolute atomic E-state index is 0.120. The number of hydrogen-bond donors (Lipinski definition) is 1. The number of nitrogens with zero attached hydrogens (tertiary/aromatic N) is 2. The Labute approximate surface area is 230 Å². The van der Waals surface area contributed by atoms with E-state index in [-0.39, 0.29) is 6.61 Å². The van der Waals surface area contributed by atoms with Gasteiger partial charge in [-0.2, -0.15) is 0 Å². The number of aliphatic hydroxyl groups is 1. The van der Waals surface area contributed by atoms with Gasteiger partial charge in [-0.1, -0.05) is 12.1 Å². The Bertz CT molecular complexity index is 1360. The Hall–Kier alpha value is -4.10. The predicted molar refractivity (Wildman–Crippen MR) is 153 cm³/mol. The molecule has 204 valence electrons. The molecule has 1 aromatic heterocycles. The molecule has 2 heterocycles. The average molecular weight is 529 g/mol. The van der Waals surface area contributed by atoms with Gasteiger partial charge in [-0.15, -0.1) is 0 Å². The number of benzene rings is 3. The summed E-state index contributed by atoms with van der Waals surface area (Å²) in [5, 5.41) is 9.33. The van der Waals surface area contributed by atoms with Crippen LogP contribution in [0.5, 0.6) is 23.0 Å². The van der Waals surface area contributed by atoms with E-state index in [9.17, 15) is 5.11 Å². The summed E-state index contributed by atoms with van der Waals surface area (Å²) >= 11 is 0. The van der Waals surface area contributed by atoms with Crippen LogP contribution in [0.3, 0.4) is 0 Å². The van der Waals surface area contributed by atoms with Crippen molar-refractivity contribution in [3.05, 3.63) is 89.6 Å². The third-order valence-corrected chi connectivity index (χ3v) is 7.29. The number of ether oxygens (including phenoxy) is 4. The van der Waals surface area contributed by atoms with Crippen LogP contribution in [0.4, 0.5) is 5.69 Å². The highest BCUT2D eigenvalue weighted by molar-refractivity contribution is 5.70. The van der Waals surface area contributed by atoms with Crippen LogP contribution in [0.2, 0.25) is 0 Å². The third-order valence-electron chi connectivity index (χ3n) is 7.29. The molecule has 0 bridgehead atoms. The number of hydrogen-bond acceptors (Lipinski definition) is 6. The van der Waals surface area contributed by atoms with Crippen molar-refractivity contribution in [3.63, 3.8) is 0 Å². The van der Waals surface area contributed by atoms with E-state index in [2.05, 4.69) is 28.8 Å². The smallest absolute Gasteiger partial charge is 0.120 e. The van der Waals surface area contributed by atoms with Crippen LogP contribution in [0, 0.1) is 0 Å². The summed E-state index contributed by atoms with van der Waals surface area (Å²) in [5.41, 5.74) is 7.04. The zero-order valence-corrected chi connectivity index (χ0v) is 22.9. The number of aliphatic hydroxyl groups excluding tert-OH is 1. The zero-order valence-electron chi connectivity index (χ0n) is 22.9. The quantitative estimate of drug-likeness (QED) is 0.254. The molecule has 4 aromatic rings. The number of rotatable bonds is 12. The van der Waals surface area contributed by atoms with Gasteiger partial charge in [0, 0.05) is 42.6 Å². The maximum Gasteiger partial charge on any atom is 0.120 e. The van der Waals surface area contributed by atoms with Crippen LogP contribution >= 0.6 is 0 Å². The number of fused-ring (bicyclic) bond motifs is 1. The standard InChI is InChI=1S/C32H36N2O5/c1-33(19-20-35)24-8-6-23(7-9-24)32-30(22-39-28-16-12-26(37-3)13-17-28)29(31-5-4-18-34(31)32)21-38-27-14-10-25(36-2)11-15-27/h6-17,35H,4-5,18-22H2,1-3H3. The van der Waals surface area contributed by atoms with E-state index >= 15 is 0 Å². The van der Waals surface area contributed by atoms with Crippen molar-refractivity contribution in [1.29, 1.82) is 0 Å². The molecule has 0 unspecified atom stereocenters. The van der Waals surface area contributed by atoms with Gasteiger partial charge < -0.3 is 33.5 Å². The Morgan fingerprint density at radius 3 is 1.82 bits per heavy atom. The van der Waals surface area contributed by atoms with Gasteiger partial charge in [0.15, 0.2) is 0 Å². The lowest BCUT2D eigenvalue weighted by Crippen LogP contribution is -2.20. The molecule has 0 saturated heterocycles. The van der Waals surface area contributed by atoms with E-state index in [1.807, 2.05) is 60.5 Å². The van der Waals surface area contributed by atoms with E-state index in [1.54, 1.807) is 14.2 Å². The first kappa shape index (κ1) is 26.5. The SMILES string of the molecule is COc1ccc(OCc2c(COc3ccc(OC)cc3)c(-c3ccc(N(C)CCO)cc3)n3c2CCC3)cc1. The summed E-state index contributed by atoms with van der Waals surface area (Å²) in [6.45, 7) is 2.56. The van der Waals surface area contributed by atoms with Gasteiger partial charge in [0.05, 0.1) is 26.5 Å². The molecule has 7 nitrogen and oxygen atoms in total. The molecule has 7 heteroatoms. The van der Waals surface area contributed by atoms with Gasteiger partial charge in [-0.3, -0.25) is 0 Å². The first-order valence-corrected chi connectivity index (χ1v) is 13.3. The van der Waals surface area contributed by atoms with E-state index in [4.69, 9.17) is 18.9 Å². The molecule has 5 rings (SSSR count). The number of anilines is 1. The van der Waals surface area contributed by atoms with Crippen molar-refractivity contribution in [2.75, 3.05) is 39.3 Å². The topological polar surface area (TPSA) is 65.3 Å². The fourth-order valence-corrected chi connectivity index (χ4v) is 5.18. The highest BCUT2D eigenvalue weighted by atomic mass is 16.5. The summed E-state index contributed by atoms with van der Waals surface area (Å²) < 4.78 is 25.7.